The second-order valence-electron chi connectivity index (χ2n) is 6.65. The number of fused-ring (bicyclic) bond motifs is 1. The van der Waals surface area contributed by atoms with Gasteiger partial charge in [-0.2, -0.15) is 0 Å². The Labute approximate surface area is 145 Å². The summed E-state index contributed by atoms with van der Waals surface area (Å²) >= 11 is 0. The van der Waals surface area contributed by atoms with Gasteiger partial charge in [0.15, 0.2) is 5.82 Å². The number of halogens is 1. The average Bonchev–Trinajstić information content (AvgIpc) is 2.99. The second kappa shape index (κ2) is 6.00. The fourth-order valence-electron chi connectivity index (χ4n) is 3.62. The van der Waals surface area contributed by atoms with Crippen molar-refractivity contribution in [2.45, 2.75) is 18.9 Å². The van der Waals surface area contributed by atoms with Crippen molar-refractivity contribution in [2.24, 2.45) is 0 Å². The van der Waals surface area contributed by atoms with E-state index in [-0.39, 0.29) is 5.69 Å². The van der Waals surface area contributed by atoms with Crippen LogP contribution in [0.25, 0.3) is 22.2 Å². The largest absolute Gasteiger partial charge is 0.396 e. The first-order valence-corrected chi connectivity index (χ1v) is 8.40. The van der Waals surface area contributed by atoms with E-state index in [1.54, 1.807) is 18.2 Å². The van der Waals surface area contributed by atoms with Gasteiger partial charge in [0.2, 0.25) is 0 Å². The molecule has 3 aromatic rings. The van der Waals surface area contributed by atoms with E-state index in [0.717, 1.165) is 31.6 Å². The third-order valence-electron chi connectivity index (χ3n) is 5.04. The molecule has 1 fully saturated rings. The molecule has 4 N–H and O–H groups in total. The van der Waals surface area contributed by atoms with Crippen LogP contribution in [0.15, 0.2) is 30.7 Å². The first-order valence-electron chi connectivity index (χ1n) is 8.40. The molecule has 7 heteroatoms. The molecule has 6 nitrogen and oxygen atoms in total. The Kier molecular flexibility index (Phi) is 3.80. The van der Waals surface area contributed by atoms with Gasteiger partial charge < -0.3 is 20.9 Å². The lowest BCUT2D eigenvalue weighted by molar-refractivity contribution is 0.224. The summed E-state index contributed by atoms with van der Waals surface area (Å²) in [5, 5.41) is 0.686. The van der Waals surface area contributed by atoms with E-state index >= 15 is 0 Å². The highest BCUT2D eigenvalue weighted by Gasteiger charge is 2.24. The number of likely N-dealkylation sites (tertiary alicyclic amines) is 1. The van der Waals surface area contributed by atoms with Gasteiger partial charge in [-0.1, -0.05) is 12.1 Å². The third kappa shape index (κ3) is 2.60. The Morgan fingerprint density at radius 1 is 1.12 bits per heavy atom. The topological polar surface area (TPSA) is 86.0 Å². The predicted molar refractivity (Wildman–Crippen MR) is 97.5 cm³/mol. The summed E-state index contributed by atoms with van der Waals surface area (Å²) in [5.41, 5.74) is 13.9. The molecule has 0 radical (unpaired) electrons. The van der Waals surface area contributed by atoms with Crippen molar-refractivity contribution in [3.05, 3.63) is 36.5 Å². The van der Waals surface area contributed by atoms with Crippen molar-refractivity contribution in [2.75, 3.05) is 31.6 Å². The Morgan fingerprint density at radius 3 is 2.64 bits per heavy atom. The maximum atomic E-state index is 14.6. The average molecular weight is 340 g/mol. The lowest BCUT2D eigenvalue weighted by Gasteiger charge is -2.30. The second-order valence-corrected chi connectivity index (χ2v) is 6.65. The van der Waals surface area contributed by atoms with Gasteiger partial charge in [0.1, 0.15) is 17.8 Å². The van der Waals surface area contributed by atoms with Crippen molar-refractivity contribution < 1.29 is 4.39 Å². The number of piperidine rings is 1. The van der Waals surface area contributed by atoms with Crippen molar-refractivity contribution >= 4 is 22.5 Å². The highest BCUT2D eigenvalue weighted by atomic mass is 19.1. The molecule has 1 aliphatic heterocycles. The smallest absolute Gasteiger partial charge is 0.153 e. The molecule has 0 atom stereocenters. The zero-order chi connectivity index (χ0) is 17.6. The van der Waals surface area contributed by atoms with Gasteiger partial charge in [0.05, 0.1) is 11.1 Å². The Balaban J connectivity index is 1.92. The van der Waals surface area contributed by atoms with Crippen LogP contribution in [0.2, 0.25) is 0 Å². The molecule has 2 aromatic heterocycles. The number of aromatic nitrogens is 3. The highest BCUT2D eigenvalue weighted by Crippen LogP contribution is 2.38. The molecule has 1 aliphatic rings. The molecule has 0 aliphatic carbocycles. The van der Waals surface area contributed by atoms with Crippen LogP contribution < -0.4 is 11.5 Å². The number of nitrogen functional groups attached to an aromatic ring is 2. The van der Waals surface area contributed by atoms with E-state index in [1.807, 2.05) is 6.20 Å². The van der Waals surface area contributed by atoms with Gasteiger partial charge in [-0.15, -0.1) is 0 Å². The summed E-state index contributed by atoms with van der Waals surface area (Å²) in [6, 6.07) is 5.32. The Morgan fingerprint density at radius 2 is 1.88 bits per heavy atom. The molecule has 0 amide bonds. The molecule has 1 saturated heterocycles. The highest BCUT2D eigenvalue weighted by molar-refractivity contribution is 6.01. The normalized spacial score (nSPS) is 16.6. The lowest BCUT2D eigenvalue weighted by atomic mass is 10.0. The summed E-state index contributed by atoms with van der Waals surface area (Å²) < 4.78 is 16.8. The molecule has 1 aromatic carbocycles. The third-order valence-corrected chi connectivity index (χ3v) is 5.04. The fourth-order valence-corrected chi connectivity index (χ4v) is 3.62. The number of nitrogens with two attached hydrogens (primary N) is 2. The van der Waals surface area contributed by atoms with E-state index in [1.165, 1.54) is 6.33 Å². The molecular weight excluding hydrogens is 319 g/mol. The van der Waals surface area contributed by atoms with Crippen molar-refractivity contribution in [1.82, 2.24) is 19.4 Å². The number of hydrogen-bond donors (Lipinski definition) is 2. The van der Waals surface area contributed by atoms with Crippen LogP contribution in [-0.4, -0.2) is 39.6 Å². The maximum Gasteiger partial charge on any atom is 0.153 e. The van der Waals surface area contributed by atoms with E-state index in [2.05, 4.69) is 26.5 Å². The molecule has 0 saturated carbocycles. The van der Waals surface area contributed by atoms with E-state index in [0.29, 0.717) is 28.4 Å². The summed E-state index contributed by atoms with van der Waals surface area (Å²) in [6.07, 6.45) is 5.44. The van der Waals surface area contributed by atoms with Crippen LogP contribution >= 0.6 is 0 Å². The van der Waals surface area contributed by atoms with Crippen LogP contribution in [0.3, 0.4) is 0 Å². The standard InChI is InChI=1S/C18H21FN6/c1-24-7-5-11(6-8-24)25-9-13(12-3-2-4-14(20)16(12)19)15-17(21)22-10-23-18(15)25/h2-4,9-11H,5-8,20H2,1H3,(H2,21,22,23). The van der Waals surface area contributed by atoms with Crippen molar-refractivity contribution in [1.29, 1.82) is 0 Å². The number of nitrogens with zero attached hydrogens (tertiary/aromatic N) is 4. The van der Waals surface area contributed by atoms with Gasteiger partial charge >= 0.3 is 0 Å². The van der Waals surface area contributed by atoms with E-state index in [4.69, 9.17) is 11.5 Å². The van der Waals surface area contributed by atoms with Crippen LogP contribution in [0.1, 0.15) is 18.9 Å². The molecular formula is C18H21FN6. The Bertz CT molecular complexity index is 927. The zero-order valence-electron chi connectivity index (χ0n) is 14.1. The molecule has 4 rings (SSSR count). The molecule has 130 valence electrons. The Hall–Kier alpha value is -2.67. The minimum Gasteiger partial charge on any atom is -0.396 e. The van der Waals surface area contributed by atoms with Crippen LogP contribution in [0, 0.1) is 5.82 Å². The maximum absolute atomic E-state index is 14.6. The van der Waals surface area contributed by atoms with Crippen molar-refractivity contribution in [3.63, 3.8) is 0 Å². The summed E-state index contributed by atoms with van der Waals surface area (Å²) in [6.45, 7) is 2.04. The molecule has 0 bridgehead atoms. The monoisotopic (exact) mass is 340 g/mol. The molecule has 0 unspecified atom stereocenters. The van der Waals surface area contributed by atoms with E-state index < -0.39 is 5.82 Å². The first kappa shape index (κ1) is 15.8. The SMILES string of the molecule is CN1CCC(n2cc(-c3cccc(N)c3F)c3c(N)ncnc32)CC1. The van der Waals surface area contributed by atoms with Gasteiger partial charge in [-0.3, -0.25) is 0 Å². The molecule has 25 heavy (non-hydrogen) atoms. The number of rotatable bonds is 2. The van der Waals surface area contributed by atoms with Crippen LogP contribution in [0.4, 0.5) is 15.9 Å². The van der Waals surface area contributed by atoms with Crippen LogP contribution in [-0.2, 0) is 0 Å². The summed E-state index contributed by atoms with van der Waals surface area (Å²) in [5.74, 6) is -0.0818. The lowest BCUT2D eigenvalue weighted by Crippen LogP contribution is -2.31. The summed E-state index contributed by atoms with van der Waals surface area (Å²) in [4.78, 5) is 10.9. The zero-order valence-corrected chi connectivity index (χ0v) is 14.1. The predicted octanol–water partition coefficient (Wildman–Crippen LogP) is 2.67. The molecule has 0 spiro atoms. The minimum atomic E-state index is -0.437. The van der Waals surface area contributed by atoms with Gasteiger partial charge in [-0.25, -0.2) is 14.4 Å². The first-order chi connectivity index (χ1) is 12.1. The number of anilines is 2. The molecule has 3 heterocycles. The number of hydrogen-bond acceptors (Lipinski definition) is 5. The minimum absolute atomic E-state index is 0.119. The number of benzene rings is 1. The quantitative estimate of drug-likeness (QED) is 0.701. The van der Waals surface area contributed by atoms with Gasteiger partial charge in [0, 0.05) is 23.4 Å². The summed E-state index contributed by atoms with van der Waals surface area (Å²) in [7, 11) is 2.12. The van der Waals surface area contributed by atoms with Gasteiger partial charge in [0.25, 0.3) is 0 Å². The van der Waals surface area contributed by atoms with Gasteiger partial charge in [-0.05, 0) is 39.0 Å². The van der Waals surface area contributed by atoms with Crippen molar-refractivity contribution in [3.8, 4) is 11.1 Å². The fraction of sp³-hybridized carbons (Fsp3) is 0.333. The van der Waals surface area contributed by atoms with E-state index in [9.17, 15) is 4.39 Å². The van der Waals surface area contributed by atoms with Crippen LogP contribution in [0.5, 0.6) is 0 Å².